The Kier molecular flexibility index (Phi) is 5.03. The molecule has 1 aliphatic heterocycles. The van der Waals surface area contributed by atoms with Gasteiger partial charge in [-0.05, 0) is 55.6 Å². The fourth-order valence-electron chi connectivity index (χ4n) is 3.31. The summed E-state index contributed by atoms with van der Waals surface area (Å²) in [6.07, 6.45) is 2.24. The third-order valence-electron chi connectivity index (χ3n) is 4.92. The second-order valence-corrected chi connectivity index (χ2v) is 7.65. The summed E-state index contributed by atoms with van der Waals surface area (Å²) in [6.45, 7) is 7.15. The summed E-state index contributed by atoms with van der Waals surface area (Å²) in [5, 5.41) is 4.03. The van der Waals surface area contributed by atoms with Crippen LogP contribution in [0, 0.1) is 11.7 Å². The molecule has 1 saturated heterocycles. The van der Waals surface area contributed by atoms with Gasteiger partial charge in [-0.1, -0.05) is 43.3 Å². The van der Waals surface area contributed by atoms with Crippen LogP contribution in [0.15, 0.2) is 47.0 Å². The Morgan fingerprint density at radius 3 is 2.44 bits per heavy atom. The number of likely N-dealkylation sites (tertiary alicyclic amines) is 1. The van der Waals surface area contributed by atoms with Crippen molar-refractivity contribution in [3.63, 3.8) is 0 Å². The zero-order chi connectivity index (χ0) is 18.8. The van der Waals surface area contributed by atoms with Crippen molar-refractivity contribution in [3.8, 4) is 22.8 Å². The molecule has 1 aromatic heterocycles. The van der Waals surface area contributed by atoms with Crippen molar-refractivity contribution >= 4 is 0 Å². The highest BCUT2D eigenvalue weighted by Crippen LogP contribution is 2.25. The molecule has 2 aromatic carbocycles. The summed E-state index contributed by atoms with van der Waals surface area (Å²) >= 11 is 0. The van der Waals surface area contributed by atoms with Crippen LogP contribution in [0.25, 0.3) is 22.8 Å². The van der Waals surface area contributed by atoms with Crippen molar-refractivity contribution in [3.05, 3.63) is 59.4 Å². The van der Waals surface area contributed by atoms with Crippen molar-refractivity contribution < 1.29 is 8.91 Å². The van der Waals surface area contributed by atoms with Crippen LogP contribution < -0.4 is 0 Å². The van der Waals surface area contributed by atoms with E-state index in [0.29, 0.717) is 35.3 Å². The van der Waals surface area contributed by atoms with Crippen LogP contribution in [0.3, 0.4) is 0 Å². The van der Waals surface area contributed by atoms with E-state index in [1.165, 1.54) is 18.1 Å². The number of rotatable bonds is 6. The Morgan fingerprint density at radius 2 is 1.81 bits per heavy atom. The van der Waals surface area contributed by atoms with Gasteiger partial charge in [-0.3, -0.25) is 4.90 Å². The molecule has 3 aromatic rings. The number of hydrogen-bond donors (Lipinski definition) is 0. The molecule has 0 saturated carbocycles. The molecule has 2 heterocycles. The van der Waals surface area contributed by atoms with Crippen LogP contribution in [0.5, 0.6) is 0 Å². The van der Waals surface area contributed by atoms with Crippen LogP contribution in [0.4, 0.5) is 4.39 Å². The summed E-state index contributed by atoms with van der Waals surface area (Å²) in [7, 11) is 0. The molecule has 0 N–H and O–H groups in total. The summed E-state index contributed by atoms with van der Waals surface area (Å²) in [6, 6.07) is 13.3. The monoisotopic (exact) mass is 365 g/mol. The molecule has 0 amide bonds. The van der Waals surface area contributed by atoms with Crippen molar-refractivity contribution in [2.24, 2.45) is 5.92 Å². The molecule has 0 unspecified atom stereocenters. The molecule has 4 nitrogen and oxygen atoms in total. The lowest BCUT2D eigenvalue weighted by Crippen LogP contribution is -2.36. The highest BCUT2D eigenvalue weighted by atomic mass is 19.1. The number of nitrogens with zero attached hydrogens (tertiary/aromatic N) is 3. The lowest BCUT2D eigenvalue weighted by Gasteiger charge is -2.30. The molecule has 0 bridgehead atoms. The van der Waals surface area contributed by atoms with E-state index in [1.807, 2.05) is 24.3 Å². The van der Waals surface area contributed by atoms with Gasteiger partial charge >= 0.3 is 0 Å². The molecule has 4 rings (SSSR count). The smallest absolute Gasteiger partial charge is 0.258 e. The van der Waals surface area contributed by atoms with Crippen LogP contribution in [-0.2, 0) is 13.0 Å². The Balaban J connectivity index is 1.51. The van der Waals surface area contributed by atoms with Crippen molar-refractivity contribution in [2.75, 3.05) is 13.1 Å². The molecule has 27 heavy (non-hydrogen) atoms. The average molecular weight is 365 g/mol. The van der Waals surface area contributed by atoms with Gasteiger partial charge in [0.1, 0.15) is 5.82 Å². The van der Waals surface area contributed by atoms with Gasteiger partial charge in [-0.25, -0.2) is 4.39 Å². The lowest BCUT2D eigenvalue weighted by molar-refractivity contribution is 0.170. The van der Waals surface area contributed by atoms with E-state index in [0.717, 1.165) is 25.1 Å². The number of aromatic nitrogens is 2. The van der Waals surface area contributed by atoms with E-state index >= 15 is 0 Å². The maximum atomic E-state index is 14.4. The van der Waals surface area contributed by atoms with E-state index in [2.05, 4.69) is 41.0 Å². The first-order chi connectivity index (χ1) is 13.1. The molecule has 1 aliphatic rings. The zero-order valence-corrected chi connectivity index (χ0v) is 15.8. The number of benzene rings is 2. The highest BCUT2D eigenvalue weighted by Gasteiger charge is 2.17. The fourth-order valence-corrected chi connectivity index (χ4v) is 3.31. The van der Waals surface area contributed by atoms with Crippen LogP contribution in [0.1, 0.15) is 31.4 Å². The zero-order valence-electron chi connectivity index (χ0n) is 15.8. The molecule has 0 atom stereocenters. The minimum absolute atomic E-state index is 0.219. The first kappa shape index (κ1) is 17.9. The van der Waals surface area contributed by atoms with Gasteiger partial charge in [0.2, 0.25) is 5.82 Å². The Hall–Kier alpha value is -2.53. The Morgan fingerprint density at radius 1 is 1.07 bits per heavy atom. The van der Waals surface area contributed by atoms with Crippen LogP contribution in [0.2, 0.25) is 0 Å². The van der Waals surface area contributed by atoms with Crippen LogP contribution >= 0.6 is 0 Å². The largest absolute Gasteiger partial charge is 0.334 e. The van der Waals surface area contributed by atoms with Crippen molar-refractivity contribution in [1.82, 2.24) is 15.0 Å². The molecule has 5 heteroatoms. The number of halogens is 1. The quantitative estimate of drug-likeness (QED) is 0.620. The maximum Gasteiger partial charge on any atom is 0.258 e. The lowest BCUT2D eigenvalue weighted by atomic mass is 10.0. The van der Waals surface area contributed by atoms with Gasteiger partial charge in [0.25, 0.3) is 5.89 Å². The minimum Gasteiger partial charge on any atom is -0.334 e. The molecule has 0 spiro atoms. The van der Waals surface area contributed by atoms with Crippen LogP contribution in [-0.4, -0.2) is 28.1 Å². The summed E-state index contributed by atoms with van der Waals surface area (Å²) < 4.78 is 19.8. The third kappa shape index (κ3) is 4.08. The molecular weight excluding hydrogens is 341 g/mol. The standard InChI is InChI=1S/C22H24FN3O/c1-15(2)12-16-4-6-17(7-5-16)22-24-21(25-27-22)18-8-9-19(20(23)13-18)14-26-10-3-11-26/h4-9,13,15H,3,10-12,14H2,1-2H3. The predicted octanol–water partition coefficient (Wildman–Crippen LogP) is 4.95. The van der Waals surface area contributed by atoms with E-state index in [4.69, 9.17) is 4.52 Å². The van der Waals surface area contributed by atoms with Crippen molar-refractivity contribution in [1.29, 1.82) is 0 Å². The SMILES string of the molecule is CC(C)Cc1ccc(-c2nc(-c3ccc(CN4CCC4)c(F)c3)no2)cc1. The molecular formula is C22H24FN3O. The minimum atomic E-state index is -0.219. The fraction of sp³-hybridized carbons (Fsp3) is 0.364. The molecule has 1 fully saturated rings. The van der Waals surface area contributed by atoms with Crippen molar-refractivity contribution in [2.45, 2.75) is 33.2 Å². The third-order valence-corrected chi connectivity index (χ3v) is 4.92. The highest BCUT2D eigenvalue weighted by molar-refractivity contribution is 5.60. The first-order valence-electron chi connectivity index (χ1n) is 9.52. The second-order valence-electron chi connectivity index (χ2n) is 7.65. The van der Waals surface area contributed by atoms with Gasteiger partial charge in [-0.15, -0.1) is 0 Å². The van der Waals surface area contributed by atoms with Gasteiger partial charge in [0.15, 0.2) is 0 Å². The van der Waals surface area contributed by atoms with E-state index in [9.17, 15) is 4.39 Å². The summed E-state index contributed by atoms with van der Waals surface area (Å²) in [4.78, 5) is 6.68. The summed E-state index contributed by atoms with van der Waals surface area (Å²) in [5.74, 6) is 1.26. The predicted molar refractivity (Wildman–Crippen MR) is 104 cm³/mol. The second kappa shape index (κ2) is 7.61. The first-order valence-corrected chi connectivity index (χ1v) is 9.52. The van der Waals surface area contributed by atoms with Gasteiger partial charge < -0.3 is 4.52 Å². The van der Waals surface area contributed by atoms with Gasteiger partial charge in [0.05, 0.1) is 0 Å². The topological polar surface area (TPSA) is 42.2 Å². The Bertz CT molecular complexity index is 914. The maximum absolute atomic E-state index is 14.4. The average Bonchev–Trinajstić information content (AvgIpc) is 3.09. The van der Waals surface area contributed by atoms with E-state index in [1.54, 1.807) is 0 Å². The molecule has 140 valence electrons. The molecule has 0 radical (unpaired) electrons. The van der Waals surface area contributed by atoms with E-state index in [-0.39, 0.29) is 5.82 Å². The van der Waals surface area contributed by atoms with Gasteiger partial charge in [-0.2, -0.15) is 4.98 Å². The van der Waals surface area contributed by atoms with Gasteiger partial charge in [0, 0.05) is 23.2 Å². The summed E-state index contributed by atoms with van der Waals surface area (Å²) in [5.41, 5.74) is 3.50. The normalized spacial score (nSPS) is 14.5. The number of hydrogen-bond acceptors (Lipinski definition) is 4. The molecule has 0 aliphatic carbocycles. The van der Waals surface area contributed by atoms with E-state index < -0.39 is 0 Å². The Labute approximate surface area is 159 Å².